The molecule has 74 valence electrons. The maximum absolute atomic E-state index is 4.23. The van der Waals surface area contributed by atoms with Crippen LogP contribution in [0.15, 0.2) is 18.6 Å². The average molecular weight is 189 g/mol. The van der Waals surface area contributed by atoms with Gasteiger partial charge in [-0.15, -0.1) is 0 Å². The van der Waals surface area contributed by atoms with E-state index in [1.165, 1.54) is 18.4 Å². The summed E-state index contributed by atoms with van der Waals surface area (Å²) in [5, 5.41) is 8.18. The number of nitrogens with one attached hydrogen (secondary N) is 1. The average Bonchev–Trinajstić information content (AvgIpc) is 2.65. The third kappa shape index (κ3) is 1.50. The van der Waals surface area contributed by atoms with Crippen molar-refractivity contribution in [2.24, 2.45) is 0 Å². The summed E-state index contributed by atoms with van der Waals surface area (Å²) in [5.41, 5.74) is 2.42. The molecule has 0 fully saturated rings. The summed E-state index contributed by atoms with van der Waals surface area (Å²) < 4.78 is 0. The molecule has 0 aliphatic heterocycles. The van der Waals surface area contributed by atoms with Crippen molar-refractivity contribution in [3.8, 4) is 0 Å². The molecule has 0 radical (unpaired) electrons. The molecule has 1 unspecified atom stereocenters. The molecule has 2 heterocycles. The molecule has 0 aliphatic rings. The first-order chi connectivity index (χ1) is 6.83. The Bertz CT molecular complexity index is 419. The zero-order valence-corrected chi connectivity index (χ0v) is 8.62. The number of hydrogen-bond acceptors (Lipinski definition) is 2. The molecule has 0 spiro atoms. The van der Waals surface area contributed by atoms with E-state index in [1.807, 2.05) is 18.6 Å². The van der Waals surface area contributed by atoms with Crippen LogP contribution < -0.4 is 0 Å². The molecule has 3 heteroatoms. The Balaban J connectivity index is 2.45. The Morgan fingerprint density at radius 3 is 3.00 bits per heavy atom. The lowest BCUT2D eigenvalue weighted by Crippen LogP contribution is -1.95. The van der Waals surface area contributed by atoms with E-state index in [1.54, 1.807) is 0 Å². The lowest BCUT2D eigenvalue weighted by atomic mass is 9.97. The molecule has 0 amide bonds. The van der Waals surface area contributed by atoms with Gasteiger partial charge in [-0.25, -0.2) is 0 Å². The molecule has 1 N–H and O–H groups in total. The maximum Gasteiger partial charge on any atom is 0.0715 e. The number of H-pyrrole nitrogens is 1. The minimum atomic E-state index is 0.552. The van der Waals surface area contributed by atoms with Crippen LogP contribution in [0.25, 0.3) is 10.9 Å². The second-order valence-corrected chi connectivity index (χ2v) is 3.75. The summed E-state index contributed by atoms with van der Waals surface area (Å²) in [6.07, 6.45) is 8.01. The lowest BCUT2D eigenvalue weighted by molar-refractivity contribution is 0.666. The van der Waals surface area contributed by atoms with E-state index in [-0.39, 0.29) is 0 Å². The van der Waals surface area contributed by atoms with Gasteiger partial charge < -0.3 is 0 Å². The summed E-state index contributed by atoms with van der Waals surface area (Å²) >= 11 is 0. The molecule has 3 nitrogen and oxygen atoms in total. The minimum Gasteiger partial charge on any atom is -0.277 e. The molecule has 2 aromatic heterocycles. The molecule has 2 rings (SSSR count). The zero-order valence-electron chi connectivity index (χ0n) is 8.62. The molecule has 2 aromatic rings. The van der Waals surface area contributed by atoms with Gasteiger partial charge in [-0.05, 0) is 17.9 Å². The van der Waals surface area contributed by atoms with Crippen LogP contribution in [0.1, 0.15) is 38.2 Å². The predicted molar refractivity (Wildman–Crippen MR) is 57.2 cm³/mol. The van der Waals surface area contributed by atoms with Gasteiger partial charge in [0.05, 0.1) is 11.7 Å². The lowest BCUT2D eigenvalue weighted by Gasteiger charge is -2.10. The number of hydrogen-bond donors (Lipinski definition) is 1. The van der Waals surface area contributed by atoms with Gasteiger partial charge in [0, 0.05) is 17.8 Å². The summed E-state index contributed by atoms with van der Waals surface area (Å²) in [7, 11) is 0. The predicted octanol–water partition coefficient (Wildman–Crippen LogP) is 2.86. The van der Waals surface area contributed by atoms with Gasteiger partial charge in [0.1, 0.15) is 0 Å². The highest BCUT2D eigenvalue weighted by Gasteiger charge is 2.09. The molecule has 1 atom stereocenters. The van der Waals surface area contributed by atoms with E-state index in [2.05, 4.69) is 29.0 Å². The van der Waals surface area contributed by atoms with Gasteiger partial charge in [-0.2, -0.15) is 5.10 Å². The molecular weight excluding hydrogens is 174 g/mol. The van der Waals surface area contributed by atoms with Crippen molar-refractivity contribution in [1.29, 1.82) is 0 Å². The van der Waals surface area contributed by atoms with Crippen LogP contribution in [0.2, 0.25) is 0 Å². The Morgan fingerprint density at radius 1 is 1.36 bits per heavy atom. The highest BCUT2D eigenvalue weighted by Crippen LogP contribution is 2.25. The third-order valence-corrected chi connectivity index (χ3v) is 2.64. The van der Waals surface area contributed by atoms with Crippen LogP contribution in [-0.2, 0) is 0 Å². The second kappa shape index (κ2) is 3.78. The minimum absolute atomic E-state index is 0.552. The van der Waals surface area contributed by atoms with Crippen molar-refractivity contribution >= 4 is 10.9 Å². The number of fused-ring (bicyclic) bond motifs is 1. The molecule has 0 saturated carbocycles. The van der Waals surface area contributed by atoms with Crippen molar-refractivity contribution in [2.75, 3.05) is 0 Å². The van der Waals surface area contributed by atoms with Gasteiger partial charge in [0.25, 0.3) is 0 Å². The smallest absolute Gasteiger partial charge is 0.0715 e. The summed E-state index contributed by atoms with van der Waals surface area (Å²) in [4.78, 5) is 4.23. The Kier molecular flexibility index (Phi) is 2.48. The Morgan fingerprint density at radius 2 is 2.21 bits per heavy atom. The van der Waals surface area contributed by atoms with Crippen LogP contribution in [0, 0.1) is 0 Å². The summed E-state index contributed by atoms with van der Waals surface area (Å²) in [5.74, 6) is 0.552. The largest absolute Gasteiger partial charge is 0.277 e. The fraction of sp³-hybridized carbons (Fsp3) is 0.455. The van der Waals surface area contributed by atoms with Crippen LogP contribution in [0.3, 0.4) is 0 Å². The van der Waals surface area contributed by atoms with Gasteiger partial charge in [0.15, 0.2) is 0 Å². The Hall–Kier alpha value is -1.38. The third-order valence-electron chi connectivity index (χ3n) is 2.64. The monoisotopic (exact) mass is 189 g/mol. The Labute approximate surface area is 83.6 Å². The first-order valence-corrected chi connectivity index (χ1v) is 5.10. The first kappa shape index (κ1) is 9.19. The fourth-order valence-electron chi connectivity index (χ4n) is 1.85. The molecule has 14 heavy (non-hydrogen) atoms. The van der Waals surface area contributed by atoms with Crippen molar-refractivity contribution in [2.45, 2.75) is 32.6 Å². The number of rotatable bonds is 3. The van der Waals surface area contributed by atoms with E-state index >= 15 is 0 Å². The van der Waals surface area contributed by atoms with E-state index in [0.717, 1.165) is 10.9 Å². The summed E-state index contributed by atoms with van der Waals surface area (Å²) in [6, 6.07) is 0. The molecule has 0 aromatic carbocycles. The number of aromatic nitrogens is 3. The van der Waals surface area contributed by atoms with Crippen molar-refractivity contribution in [1.82, 2.24) is 15.2 Å². The van der Waals surface area contributed by atoms with Crippen LogP contribution >= 0.6 is 0 Å². The summed E-state index contributed by atoms with van der Waals surface area (Å²) in [6.45, 7) is 4.44. The SMILES string of the molecule is CCCC(C)c1cncc2cn[nH]c12. The van der Waals surface area contributed by atoms with Crippen LogP contribution in [0.5, 0.6) is 0 Å². The van der Waals surface area contributed by atoms with E-state index in [0.29, 0.717) is 5.92 Å². The molecule has 0 aliphatic carbocycles. The molecule has 0 saturated heterocycles. The highest BCUT2D eigenvalue weighted by atomic mass is 15.1. The fourth-order valence-corrected chi connectivity index (χ4v) is 1.85. The highest BCUT2D eigenvalue weighted by molar-refractivity contribution is 5.80. The first-order valence-electron chi connectivity index (χ1n) is 5.10. The van der Waals surface area contributed by atoms with Crippen LogP contribution in [0.4, 0.5) is 0 Å². The van der Waals surface area contributed by atoms with Gasteiger partial charge >= 0.3 is 0 Å². The van der Waals surface area contributed by atoms with Crippen molar-refractivity contribution < 1.29 is 0 Å². The maximum atomic E-state index is 4.23. The quantitative estimate of drug-likeness (QED) is 0.806. The normalized spacial score (nSPS) is 13.3. The number of aromatic amines is 1. The zero-order chi connectivity index (χ0) is 9.97. The van der Waals surface area contributed by atoms with E-state index in [9.17, 15) is 0 Å². The topological polar surface area (TPSA) is 41.6 Å². The van der Waals surface area contributed by atoms with Gasteiger partial charge in [-0.3, -0.25) is 10.1 Å². The van der Waals surface area contributed by atoms with Gasteiger partial charge in [-0.1, -0.05) is 20.3 Å². The van der Waals surface area contributed by atoms with E-state index in [4.69, 9.17) is 0 Å². The molecule has 0 bridgehead atoms. The molecular formula is C11H15N3. The van der Waals surface area contributed by atoms with Gasteiger partial charge in [0.2, 0.25) is 0 Å². The standard InChI is InChI=1S/C11H15N3/c1-3-4-8(2)10-7-12-5-9-6-13-14-11(9)10/h5-8H,3-4H2,1-2H3,(H,13,14). The van der Waals surface area contributed by atoms with Crippen LogP contribution in [-0.4, -0.2) is 15.2 Å². The van der Waals surface area contributed by atoms with Crippen molar-refractivity contribution in [3.63, 3.8) is 0 Å². The number of nitrogens with zero attached hydrogens (tertiary/aromatic N) is 2. The second-order valence-electron chi connectivity index (χ2n) is 3.75. The number of pyridine rings is 1. The van der Waals surface area contributed by atoms with E-state index < -0.39 is 0 Å². The van der Waals surface area contributed by atoms with Crippen molar-refractivity contribution in [3.05, 3.63) is 24.2 Å².